The van der Waals surface area contributed by atoms with Crippen molar-refractivity contribution < 1.29 is 63.0 Å². The standard InChI is InChI=1S/C50H77NO13/c1-30-16-11-10-12-17-31(2)41(60-7)28-37-18-15-22-50(59,64-37)47(56)48(57)51-23-14-13-19-38(51)49(58)63-42(33(4)26-36-20-21-39(52)43(27-36)61-8)29-40(53)32(3)25-35(6)45(55)46(62-9)44(54)34(5)24-30/h10-12,16-17,25,30,32-34,36-39,41-43,45-46,52,55,59H,13-15,18-24,26-29H2,1-9H3/b12-10+,16-11+,31-17+,35-25+/t30-,32-,33-,34-,36+,37+,38+,39-,41+,42+,43-,45-,46+,50-/m1/s1. The first-order valence-electron chi connectivity index (χ1n) is 23.5. The first-order chi connectivity index (χ1) is 30.3. The van der Waals surface area contributed by atoms with E-state index < -0.39 is 77.9 Å². The Labute approximate surface area is 380 Å². The number of hydrogen-bond acceptors (Lipinski definition) is 13. The van der Waals surface area contributed by atoms with Crippen LogP contribution in [0.2, 0.25) is 0 Å². The molecular formula is C50H77NO13. The summed E-state index contributed by atoms with van der Waals surface area (Å²) in [4.78, 5) is 71.3. The third kappa shape index (κ3) is 14.3. The Kier molecular flexibility index (Phi) is 20.8. The fraction of sp³-hybridized carbons (Fsp3) is 0.740. The third-order valence-electron chi connectivity index (χ3n) is 14.0. The van der Waals surface area contributed by atoms with Crippen LogP contribution >= 0.6 is 0 Å². The molecule has 360 valence electrons. The molecule has 3 heterocycles. The number of allylic oxidation sites excluding steroid dienone is 6. The van der Waals surface area contributed by atoms with Crippen LogP contribution in [-0.2, 0) is 47.7 Å². The second-order valence-corrected chi connectivity index (χ2v) is 19.1. The lowest BCUT2D eigenvalue weighted by Crippen LogP contribution is -2.58. The highest BCUT2D eigenvalue weighted by molar-refractivity contribution is 6.39. The summed E-state index contributed by atoms with van der Waals surface area (Å²) in [5.74, 6) is -7.19. The van der Waals surface area contributed by atoms with Crippen molar-refractivity contribution in [3.05, 3.63) is 47.6 Å². The molecule has 14 atom stereocenters. The number of ketones is 3. The minimum atomic E-state index is -2.39. The second kappa shape index (κ2) is 25.0. The highest BCUT2D eigenvalue weighted by atomic mass is 16.6. The predicted molar refractivity (Wildman–Crippen MR) is 241 cm³/mol. The summed E-state index contributed by atoms with van der Waals surface area (Å²) in [5, 5.41) is 33.5. The summed E-state index contributed by atoms with van der Waals surface area (Å²) in [6.07, 6.45) is 11.2. The topological polar surface area (TPSA) is 195 Å². The Hall–Kier alpha value is -3.37. The van der Waals surface area contributed by atoms with E-state index in [0.29, 0.717) is 63.4 Å². The van der Waals surface area contributed by atoms with Crippen LogP contribution in [0, 0.1) is 29.6 Å². The van der Waals surface area contributed by atoms with Gasteiger partial charge in [0, 0.05) is 59.0 Å². The maximum Gasteiger partial charge on any atom is 0.329 e. The van der Waals surface area contributed by atoms with Gasteiger partial charge in [-0.2, -0.15) is 0 Å². The van der Waals surface area contributed by atoms with E-state index in [1.807, 2.05) is 58.1 Å². The van der Waals surface area contributed by atoms with Crippen LogP contribution in [0.1, 0.15) is 125 Å². The largest absolute Gasteiger partial charge is 0.460 e. The van der Waals surface area contributed by atoms with E-state index in [4.69, 9.17) is 23.7 Å². The second-order valence-electron chi connectivity index (χ2n) is 19.1. The molecule has 1 amide bonds. The highest BCUT2D eigenvalue weighted by Crippen LogP contribution is 2.35. The molecule has 3 fully saturated rings. The molecule has 0 aromatic heterocycles. The van der Waals surface area contributed by atoms with Crippen molar-refractivity contribution in [1.82, 2.24) is 4.90 Å². The molecule has 0 aromatic rings. The number of carbonyl (C=O) groups excluding carboxylic acids is 5. The number of rotatable bonds is 6. The van der Waals surface area contributed by atoms with Gasteiger partial charge in [-0.05, 0) is 107 Å². The zero-order valence-electron chi connectivity index (χ0n) is 39.7. The fourth-order valence-corrected chi connectivity index (χ4v) is 9.92. The van der Waals surface area contributed by atoms with Gasteiger partial charge in [0.25, 0.3) is 11.7 Å². The Bertz CT molecular complexity index is 1720. The molecule has 0 unspecified atom stereocenters. The number of methoxy groups -OCH3 is 3. The molecule has 1 aliphatic carbocycles. The summed E-state index contributed by atoms with van der Waals surface area (Å²) in [7, 11) is 4.52. The fourth-order valence-electron chi connectivity index (χ4n) is 9.92. The van der Waals surface area contributed by atoms with Gasteiger partial charge in [0.15, 0.2) is 5.78 Å². The molecule has 0 radical (unpaired) electrons. The summed E-state index contributed by atoms with van der Waals surface area (Å²) in [5.41, 5.74) is 1.27. The van der Waals surface area contributed by atoms with Crippen molar-refractivity contribution in [2.24, 2.45) is 29.6 Å². The Morgan fingerprint density at radius 2 is 1.59 bits per heavy atom. The molecule has 3 aliphatic heterocycles. The van der Waals surface area contributed by atoms with Gasteiger partial charge >= 0.3 is 5.97 Å². The average Bonchev–Trinajstić information content (AvgIpc) is 3.27. The molecule has 14 nitrogen and oxygen atoms in total. The zero-order valence-corrected chi connectivity index (χ0v) is 39.7. The molecule has 0 aromatic carbocycles. The first kappa shape index (κ1) is 53.2. The van der Waals surface area contributed by atoms with Crippen LogP contribution in [0.4, 0.5) is 0 Å². The maximum absolute atomic E-state index is 14.3. The molecule has 0 spiro atoms. The Morgan fingerprint density at radius 3 is 2.28 bits per heavy atom. The van der Waals surface area contributed by atoms with Gasteiger partial charge in [-0.3, -0.25) is 19.2 Å². The van der Waals surface area contributed by atoms with Gasteiger partial charge in [-0.15, -0.1) is 0 Å². The van der Waals surface area contributed by atoms with Crippen LogP contribution in [0.25, 0.3) is 0 Å². The van der Waals surface area contributed by atoms with E-state index in [-0.39, 0.29) is 61.2 Å². The van der Waals surface area contributed by atoms with E-state index in [0.717, 1.165) is 12.0 Å². The maximum atomic E-state index is 14.3. The van der Waals surface area contributed by atoms with Crippen LogP contribution in [0.3, 0.4) is 0 Å². The lowest BCUT2D eigenvalue weighted by Gasteiger charge is -2.40. The number of carbonyl (C=O) groups is 5. The summed E-state index contributed by atoms with van der Waals surface area (Å²) < 4.78 is 29.2. The van der Waals surface area contributed by atoms with E-state index in [1.54, 1.807) is 34.1 Å². The minimum Gasteiger partial charge on any atom is -0.460 e. The van der Waals surface area contributed by atoms with Crippen LogP contribution in [-0.4, -0.2) is 132 Å². The molecular weight excluding hydrogens is 823 g/mol. The predicted octanol–water partition coefficient (Wildman–Crippen LogP) is 5.93. The average molecular weight is 900 g/mol. The van der Waals surface area contributed by atoms with E-state index in [9.17, 15) is 39.3 Å². The molecule has 4 rings (SSSR count). The number of cyclic esters (lactones) is 1. The summed E-state index contributed by atoms with van der Waals surface area (Å²) in [6, 6.07) is -1.13. The Morgan fingerprint density at radius 1 is 0.859 bits per heavy atom. The van der Waals surface area contributed by atoms with Crippen molar-refractivity contribution in [3.63, 3.8) is 0 Å². The number of aliphatic hydroxyl groups excluding tert-OH is 2. The van der Waals surface area contributed by atoms with Gasteiger partial charge in [-0.1, -0.05) is 64.2 Å². The molecule has 2 bridgehead atoms. The molecule has 3 N–H and O–H groups in total. The number of hydrogen-bond donors (Lipinski definition) is 3. The summed E-state index contributed by atoms with van der Waals surface area (Å²) >= 11 is 0. The molecule has 64 heavy (non-hydrogen) atoms. The van der Waals surface area contributed by atoms with Crippen molar-refractivity contribution in [2.45, 2.75) is 180 Å². The number of aliphatic hydroxyl groups is 3. The third-order valence-corrected chi connectivity index (χ3v) is 14.0. The monoisotopic (exact) mass is 900 g/mol. The quantitative estimate of drug-likeness (QED) is 0.161. The van der Waals surface area contributed by atoms with Crippen LogP contribution < -0.4 is 0 Å². The number of ether oxygens (including phenoxy) is 5. The van der Waals surface area contributed by atoms with Crippen LogP contribution in [0.15, 0.2) is 47.6 Å². The van der Waals surface area contributed by atoms with Crippen molar-refractivity contribution in [2.75, 3.05) is 27.9 Å². The normalized spacial score (nSPS) is 39.7. The van der Waals surface area contributed by atoms with Gasteiger partial charge in [0.05, 0.1) is 24.4 Å². The van der Waals surface area contributed by atoms with E-state index >= 15 is 0 Å². The van der Waals surface area contributed by atoms with Crippen molar-refractivity contribution in [3.8, 4) is 0 Å². The summed E-state index contributed by atoms with van der Waals surface area (Å²) in [6.45, 7) is 11.1. The number of nitrogens with zero attached hydrogens (tertiary/aromatic N) is 1. The van der Waals surface area contributed by atoms with E-state index in [2.05, 4.69) is 0 Å². The number of piperidine rings is 1. The first-order valence-corrected chi connectivity index (χ1v) is 23.5. The minimum absolute atomic E-state index is 0.0217. The molecule has 4 aliphatic rings. The smallest absolute Gasteiger partial charge is 0.329 e. The Balaban J connectivity index is 1.68. The number of Topliss-reactive ketones (excluding diaryl/α,β-unsaturated/α-hetero) is 3. The van der Waals surface area contributed by atoms with Crippen molar-refractivity contribution >= 4 is 29.2 Å². The van der Waals surface area contributed by atoms with Gasteiger partial charge in [0.1, 0.15) is 30.1 Å². The van der Waals surface area contributed by atoms with E-state index in [1.165, 1.54) is 12.0 Å². The van der Waals surface area contributed by atoms with Gasteiger partial charge in [-0.25, -0.2) is 4.79 Å². The lowest BCUT2D eigenvalue weighted by atomic mass is 9.78. The molecule has 2 saturated heterocycles. The SMILES string of the molecule is CO[C@H]1C[C@@H]2CCC[C@@](O)(O2)C(=O)C(=O)N2CCCC[C@H]2C(=O)O[C@H]([C@H](C)C[C@@H]2CC[C@@H](O)[C@H](OC)C2)CC(=O)[C@H](C)/C=C(\C)[C@@H](O)[C@@H](OC)C(=O)[C@H](C)C[C@H](C)/C=C/C=C/C=C/1C. The molecule has 14 heteroatoms. The molecule has 1 saturated carbocycles. The number of fused-ring (bicyclic) bond motifs is 3. The van der Waals surface area contributed by atoms with Gasteiger partial charge in [0.2, 0.25) is 5.79 Å². The number of amides is 1. The zero-order chi connectivity index (χ0) is 47.3. The van der Waals surface area contributed by atoms with Crippen molar-refractivity contribution in [1.29, 1.82) is 0 Å². The number of esters is 1. The lowest BCUT2D eigenvalue weighted by molar-refractivity contribution is -0.245. The highest BCUT2D eigenvalue weighted by Gasteiger charge is 2.49. The van der Waals surface area contributed by atoms with Crippen LogP contribution in [0.5, 0.6) is 0 Å². The van der Waals surface area contributed by atoms with Gasteiger partial charge < -0.3 is 43.9 Å².